The van der Waals surface area contributed by atoms with Gasteiger partial charge in [-0.05, 0) is 6.92 Å². The highest BCUT2D eigenvalue weighted by molar-refractivity contribution is 5.07. The van der Waals surface area contributed by atoms with Crippen LogP contribution in [-0.2, 0) is 0 Å². The van der Waals surface area contributed by atoms with Crippen LogP contribution in [0.2, 0.25) is 0 Å². The number of hydrogen-bond acceptors (Lipinski definition) is 0. The first kappa shape index (κ1) is 10.3. The largest absolute Gasteiger partial charge is 0.423 e. The standard InChI is InChI=1S/C5H4F6/c1-2(4(7)8)3(6)5(9,10)11/h3H,1H3. The van der Waals surface area contributed by atoms with E-state index in [2.05, 4.69) is 0 Å². The molecule has 0 heterocycles. The fourth-order valence-corrected chi connectivity index (χ4v) is 0.341. The fraction of sp³-hybridized carbons (Fsp3) is 0.600. The monoisotopic (exact) mass is 178 g/mol. The Morgan fingerprint density at radius 2 is 1.55 bits per heavy atom. The Hall–Kier alpha value is -0.680. The molecule has 0 nitrogen and oxygen atoms in total. The minimum Gasteiger partial charge on any atom is -0.232 e. The van der Waals surface area contributed by atoms with E-state index in [4.69, 9.17) is 0 Å². The molecule has 0 saturated heterocycles. The number of alkyl halides is 4. The predicted octanol–water partition coefficient (Wildman–Crippen LogP) is 3.06. The highest BCUT2D eigenvalue weighted by Gasteiger charge is 2.42. The minimum atomic E-state index is -5.24. The molecule has 0 N–H and O–H groups in total. The molecule has 0 aromatic rings. The zero-order valence-corrected chi connectivity index (χ0v) is 5.35. The fourth-order valence-electron chi connectivity index (χ4n) is 0.341. The van der Waals surface area contributed by atoms with E-state index in [1.165, 1.54) is 0 Å². The van der Waals surface area contributed by atoms with Gasteiger partial charge in [0, 0.05) is 5.57 Å². The van der Waals surface area contributed by atoms with E-state index in [0.717, 1.165) is 0 Å². The molecule has 0 spiro atoms. The lowest BCUT2D eigenvalue weighted by Crippen LogP contribution is -2.25. The van der Waals surface area contributed by atoms with Gasteiger partial charge in [0.05, 0.1) is 0 Å². The van der Waals surface area contributed by atoms with Crippen molar-refractivity contribution in [3.63, 3.8) is 0 Å². The topological polar surface area (TPSA) is 0 Å². The molecule has 0 bridgehead atoms. The van der Waals surface area contributed by atoms with Crippen molar-refractivity contribution in [2.45, 2.75) is 19.3 Å². The van der Waals surface area contributed by atoms with Crippen LogP contribution in [0.3, 0.4) is 0 Å². The van der Waals surface area contributed by atoms with Gasteiger partial charge in [0.25, 0.3) is 6.08 Å². The molecule has 0 aromatic heterocycles. The molecule has 0 aliphatic rings. The van der Waals surface area contributed by atoms with E-state index in [1.807, 2.05) is 0 Å². The maximum atomic E-state index is 11.9. The summed E-state index contributed by atoms with van der Waals surface area (Å²) >= 11 is 0. The zero-order chi connectivity index (χ0) is 9.23. The first-order valence-corrected chi connectivity index (χ1v) is 2.49. The number of rotatable bonds is 1. The molecule has 0 aliphatic heterocycles. The molecule has 0 fully saturated rings. The van der Waals surface area contributed by atoms with E-state index in [-0.39, 0.29) is 0 Å². The van der Waals surface area contributed by atoms with Crippen LogP contribution < -0.4 is 0 Å². The average Bonchev–Trinajstić information content (AvgIpc) is 1.82. The molecular formula is C5H4F6. The predicted molar refractivity (Wildman–Crippen MR) is 25.9 cm³/mol. The summed E-state index contributed by atoms with van der Waals surface area (Å²) in [6, 6.07) is 0. The van der Waals surface area contributed by atoms with Crippen LogP contribution in [0.4, 0.5) is 26.3 Å². The Kier molecular flexibility index (Phi) is 2.95. The molecule has 0 amide bonds. The molecule has 0 aromatic carbocycles. The van der Waals surface area contributed by atoms with Gasteiger partial charge in [-0.1, -0.05) is 0 Å². The lowest BCUT2D eigenvalue weighted by atomic mass is 10.2. The van der Waals surface area contributed by atoms with E-state index < -0.39 is 24.0 Å². The third-order valence-electron chi connectivity index (χ3n) is 0.966. The van der Waals surface area contributed by atoms with Crippen molar-refractivity contribution in [1.29, 1.82) is 0 Å². The molecule has 1 atom stereocenters. The van der Waals surface area contributed by atoms with Gasteiger partial charge in [0.15, 0.2) is 0 Å². The molecule has 0 aliphatic carbocycles. The first-order valence-electron chi connectivity index (χ1n) is 2.49. The lowest BCUT2D eigenvalue weighted by Gasteiger charge is -2.11. The molecule has 0 saturated carbocycles. The summed E-state index contributed by atoms with van der Waals surface area (Å²) in [5.41, 5.74) is -1.59. The van der Waals surface area contributed by atoms with Gasteiger partial charge in [-0.3, -0.25) is 0 Å². The van der Waals surface area contributed by atoms with E-state index in [9.17, 15) is 26.3 Å². The van der Waals surface area contributed by atoms with Crippen LogP contribution in [0.1, 0.15) is 6.92 Å². The summed E-state index contributed by atoms with van der Waals surface area (Å²) < 4.78 is 68.5. The zero-order valence-electron chi connectivity index (χ0n) is 5.35. The summed E-state index contributed by atoms with van der Waals surface area (Å²) in [6.07, 6.45) is -11.4. The molecule has 11 heavy (non-hydrogen) atoms. The molecule has 0 rings (SSSR count). The third kappa shape index (κ3) is 2.81. The van der Waals surface area contributed by atoms with Crippen LogP contribution in [0.25, 0.3) is 0 Å². The van der Waals surface area contributed by atoms with E-state index in [0.29, 0.717) is 6.92 Å². The minimum absolute atomic E-state index is 0.396. The highest BCUT2D eigenvalue weighted by atomic mass is 19.4. The normalized spacial score (nSPS) is 14.5. The van der Waals surface area contributed by atoms with Gasteiger partial charge in [-0.2, -0.15) is 22.0 Å². The maximum absolute atomic E-state index is 11.9. The van der Waals surface area contributed by atoms with Gasteiger partial charge >= 0.3 is 6.18 Å². The highest BCUT2D eigenvalue weighted by Crippen LogP contribution is 2.30. The van der Waals surface area contributed by atoms with E-state index in [1.54, 1.807) is 0 Å². The summed E-state index contributed by atoms with van der Waals surface area (Å²) in [6.45, 7) is 0.396. The molecule has 0 radical (unpaired) electrons. The molecule has 66 valence electrons. The maximum Gasteiger partial charge on any atom is 0.423 e. The second-order valence-electron chi connectivity index (χ2n) is 1.85. The molecule has 6 heteroatoms. The number of halogens is 6. The Morgan fingerprint density at radius 1 is 1.18 bits per heavy atom. The Labute approximate surface area is 58.5 Å². The molecule has 1 unspecified atom stereocenters. The van der Waals surface area contributed by atoms with Gasteiger partial charge in [-0.25, -0.2) is 4.39 Å². The second kappa shape index (κ2) is 3.15. The Morgan fingerprint density at radius 3 is 1.64 bits per heavy atom. The third-order valence-corrected chi connectivity index (χ3v) is 0.966. The summed E-state index contributed by atoms with van der Waals surface area (Å²) in [4.78, 5) is 0. The van der Waals surface area contributed by atoms with Crippen molar-refractivity contribution in [1.82, 2.24) is 0 Å². The summed E-state index contributed by atoms with van der Waals surface area (Å²) in [5, 5.41) is 0. The van der Waals surface area contributed by atoms with Crippen molar-refractivity contribution < 1.29 is 26.3 Å². The quantitative estimate of drug-likeness (QED) is 0.541. The Bertz CT molecular complexity index is 162. The van der Waals surface area contributed by atoms with Crippen molar-refractivity contribution in [2.75, 3.05) is 0 Å². The van der Waals surface area contributed by atoms with Crippen LogP contribution in [0, 0.1) is 0 Å². The Balaban J connectivity index is 4.52. The SMILES string of the molecule is CC(=C(F)F)C(F)C(F)(F)F. The van der Waals surface area contributed by atoms with Crippen molar-refractivity contribution >= 4 is 0 Å². The van der Waals surface area contributed by atoms with Crippen molar-refractivity contribution in [3.8, 4) is 0 Å². The summed E-state index contributed by atoms with van der Waals surface area (Å²) in [5.74, 6) is 0. The van der Waals surface area contributed by atoms with Gasteiger partial charge in [-0.15, -0.1) is 0 Å². The van der Waals surface area contributed by atoms with Crippen LogP contribution >= 0.6 is 0 Å². The summed E-state index contributed by atoms with van der Waals surface area (Å²) in [7, 11) is 0. The van der Waals surface area contributed by atoms with E-state index >= 15 is 0 Å². The lowest BCUT2D eigenvalue weighted by molar-refractivity contribution is -0.170. The smallest absolute Gasteiger partial charge is 0.232 e. The van der Waals surface area contributed by atoms with Gasteiger partial charge in [0.1, 0.15) is 0 Å². The van der Waals surface area contributed by atoms with Crippen molar-refractivity contribution in [2.24, 2.45) is 0 Å². The number of allylic oxidation sites excluding steroid dienone is 1. The van der Waals surface area contributed by atoms with Gasteiger partial charge in [0.2, 0.25) is 6.17 Å². The second-order valence-corrected chi connectivity index (χ2v) is 1.85. The van der Waals surface area contributed by atoms with Crippen LogP contribution in [-0.4, -0.2) is 12.3 Å². The van der Waals surface area contributed by atoms with Gasteiger partial charge < -0.3 is 0 Å². The number of hydrogen-bond donors (Lipinski definition) is 0. The van der Waals surface area contributed by atoms with Crippen LogP contribution in [0.15, 0.2) is 11.7 Å². The van der Waals surface area contributed by atoms with Crippen LogP contribution in [0.5, 0.6) is 0 Å². The molecular weight excluding hydrogens is 174 g/mol. The average molecular weight is 178 g/mol. The first-order chi connectivity index (χ1) is 4.76. The van der Waals surface area contributed by atoms with Crippen molar-refractivity contribution in [3.05, 3.63) is 11.7 Å².